The Morgan fingerprint density at radius 2 is 1.30 bits per heavy atom. The molecule has 0 radical (unpaired) electrons. The van der Waals surface area contributed by atoms with E-state index in [1.807, 2.05) is 0 Å². The SMILES string of the molecule is CN(CC(=O)[O-])S(=O)(=O)C(F)(F)C(F)(F)C(F)(F)C(F)(F)F.[Na+]. The molecule has 0 aromatic heterocycles. The molecule has 0 N–H and O–H groups in total. The van der Waals surface area contributed by atoms with Crippen LogP contribution in [0.25, 0.3) is 0 Å². The molecule has 0 unspecified atom stereocenters. The number of carboxylic acid groups (broad SMARTS) is 1. The van der Waals surface area contributed by atoms with E-state index in [2.05, 4.69) is 0 Å². The largest absolute Gasteiger partial charge is 1.00 e. The Morgan fingerprint density at radius 3 is 1.57 bits per heavy atom. The number of aliphatic carboxylic acids is 1. The number of carbonyl (C=O) groups is 1. The van der Waals surface area contributed by atoms with Crippen molar-refractivity contribution in [1.82, 2.24) is 4.31 Å². The second-order valence-corrected chi connectivity index (χ2v) is 5.88. The van der Waals surface area contributed by atoms with E-state index in [4.69, 9.17) is 0 Å². The van der Waals surface area contributed by atoms with Crippen molar-refractivity contribution in [3.63, 3.8) is 0 Å². The Hall–Kier alpha value is -0.250. The van der Waals surface area contributed by atoms with Crippen LogP contribution in [-0.2, 0) is 14.8 Å². The summed E-state index contributed by atoms with van der Waals surface area (Å²) in [6.45, 7) is -1.98. The van der Waals surface area contributed by atoms with Crippen LogP contribution in [0.15, 0.2) is 0 Å². The van der Waals surface area contributed by atoms with Gasteiger partial charge in [-0.1, -0.05) is 0 Å². The van der Waals surface area contributed by atoms with Gasteiger partial charge in [-0.2, -0.15) is 43.8 Å². The number of nitrogens with zero attached hydrogens (tertiary/aromatic N) is 1. The Morgan fingerprint density at radius 1 is 0.957 bits per heavy atom. The summed E-state index contributed by atoms with van der Waals surface area (Å²) in [7, 11) is -6.94. The molecule has 23 heavy (non-hydrogen) atoms. The van der Waals surface area contributed by atoms with Gasteiger partial charge in [0, 0.05) is 7.05 Å². The predicted molar refractivity (Wildman–Crippen MR) is 47.5 cm³/mol. The third kappa shape index (κ3) is 4.05. The molecule has 16 heteroatoms. The quantitative estimate of drug-likeness (QED) is 0.367. The van der Waals surface area contributed by atoms with Crippen LogP contribution in [0.3, 0.4) is 0 Å². The molecule has 0 spiro atoms. The van der Waals surface area contributed by atoms with Gasteiger partial charge in [0.2, 0.25) is 0 Å². The van der Waals surface area contributed by atoms with Crippen molar-refractivity contribution in [3.05, 3.63) is 0 Å². The standard InChI is InChI=1S/C7H6F9NO4S.Na/c1-17(2-3(18)19)22(20,21)7(15,16)5(10,11)4(8,9)6(12,13)14;/h2H2,1H3,(H,18,19);/q;+1/p-1. The molecule has 0 aromatic rings. The van der Waals surface area contributed by atoms with E-state index in [1.165, 1.54) is 0 Å². The van der Waals surface area contributed by atoms with Crippen molar-refractivity contribution in [1.29, 1.82) is 0 Å². The molecule has 0 amide bonds. The molecule has 0 aliphatic rings. The summed E-state index contributed by atoms with van der Waals surface area (Å²) in [4.78, 5) is 10.0. The van der Waals surface area contributed by atoms with Gasteiger partial charge in [0.25, 0.3) is 10.0 Å². The maximum atomic E-state index is 13.1. The van der Waals surface area contributed by atoms with E-state index in [1.54, 1.807) is 0 Å². The van der Waals surface area contributed by atoms with Crippen LogP contribution in [0.1, 0.15) is 0 Å². The van der Waals surface area contributed by atoms with E-state index in [-0.39, 0.29) is 36.6 Å². The van der Waals surface area contributed by atoms with Crippen LogP contribution in [0, 0.1) is 0 Å². The number of carbonyl (C=O) groups excluding carboxylic acids is 1. The first-order valence-electron chi connectivity index (χ1n) is 4.70. The Bertz CT molecular complexity index is 547. The number of halogens is 9. The first kappa shape index (κ1) is 25.0. The molecular weight excluding hydrogens is 388 g/mol. The van der Waals surface area contributed by atoms with Gasteiger partial charge in [0.15, 0.2) is 0 Å². The van der Waals surface area contributed by atoms with Crippen LogP contribution in [0.4, 0.5) is 39.5 Å². The molecule has 0 rings (SSSR count). The van der Waals surface area contributed by atoms with E-state index < -0.39 is 50.1 Å². The summed E-state index contributed by atoms with van der Waals surface area (Å²) in [5, 5.41) is 3.06. The minimum Gasteiger partial charge on any atom is -0.549 e. The Kier molecular flexibility index (Phi) is 7.54. The summed E-state index contributed by atoms with van der Waals surface area (Å²) in [6, 6.07) is 0. The minimum absolute atomic E-state index is 0. The van der Waals surface area contributed by atoms with Gasteiger partial charge in [-0.15, -0.1) is 0 Å². The van der Waals surface area contributed by atoms with E-state index >= 15 is 0 Å². The molecular formula is C7H5F9NNaO4S. The molecule has 0 fully saturated rings. The zero-order valence-electron chi connectivity index (χ0n) is 11.1. The summed E-state index contributed by atoms with van der Waals surface area (Å²) in [6.07, 6.45) is -7.19. The maximum Gasteiger partial charge on any atom is 1.00 e. The van der Waals surface area contributed by atoms with Gasteiger partial charge >= 0.3 is 52.8 Å². The van der Waals surface area contributed by atoms with Gasteiger partial charge in [-0.25, -0.2) is 8.42 Å². The molecule has 0 aliphatic heterocycles. The van der Waals surface area contributed by atoms with Gasteiger partial charge < -0.3 is 9.90 Å². The molecule has 5 nitrogen and oxygen atoms in total. The Balaban J connectivity index is 0. The predicted octanol–water partition coefficient (Wildman–Crippen LogP) is -2.57. The number of rotatable bonds is 6. The molecule has 132 valence electrons. The third-order valence-corrected chi connectivity index (χ3v) is 4.06. The monoisotopic (exact) mass is 393 g/mol. The van der Waals surface area contributed by atoms with Crippen molar-refractivity contribution < 1.29 is 87.4 Å². The van der Waals surface area contributed by atoms with Crippen LogP contribution >= 0.6 is 0 Å². The molecule has 0 aliphatic carbocycles. The average molecular weight is 393 g/mol. The first-order valence-corrected chi connectivity index (χ1v) is 6.14. The number of hydrogen-bond donors (Lipinski definition) is 0. The second-order valence-electron chi connectivity index (χ2n) is 3.80. The van der Waals surface area contributed by atoms with E-state index in [9.17, 15) is 57.8 Å². The topological polar surface area (TPSA) is 77.5 Å². The van der Waals surface area contributed by atoms with Crippen molar-refractivity contribution in [2.45, 2.75) is 23.3 Å². The van der Waals surface area contributed by atoms with Crippen molar-refractivity contribution in [3.8, 4) is 0 Å². The zero-order valence-corrected chi connectivity index (χ0v) is 13.9. The number of sulfonamides is 1. The minimum atomic E-state index is -7.41. The number of alkyl halides is 9. The normalized spacial score (nSPS) is 14.6. The molecule has 0 saturated heterocycles. The summed E-state index contributed by atoms with van der Waals surface area (Å²) < 4.78 is 133. The van der Waals surface area contributed by atoms with Crippen LogP contribution < -0.4 is 34.7 Å². The van der Waals surface area contributed by atoms with E-state index in [0.717, 1.165) is 0 Å². The van der Waals surface area contributed by atoms with Crippen molar-refractivity contribution in [2.75, 3.05) is 13.6 Å². The summed E-state index contributed by atoms with van der Waals surface area (Å²) in [5.74, 6) is -17.2. The fraction of sp³-hybridized carbons (Fsp3) is 0.857. The van der Waals surface area contributed by atoms with Gasteiger partial charge in [-0.3, -0.25) is 0 Å². The smallest absolute Gasteiger partial charge is 0.549 e. The Labute approximate surface area is 144 Å². The zero-order chi connectivity index (χ0) is 18.4. The van der Waals surface area contributed by atoms with Gasteiger partial charge in [-0.05, 0) is 0 Å². The summed E-state index contributed by atoms with van der Waals surface area (Å²) in [5.41, 5.74) is 0. The van der Waals surface area contributed by atoms with Crippen molar-refractivity contribution >= 4 is 16.0 Å². The number of carboxylic acids is 1. The second kappa shape index (κ2) is 6.93. The molecule has 0 atom stereocenters. The third-order valence-electron chi connectivity index (χ3n) is 2.20. The van der Waals surface area contributed by atoms with Gasteiger partial charge in [0.05, 0.1) is 12.5 Å². The number of hydrogen-bond acceptors (Lipinski definition) is 4. The maximum absolute atomic E-state index is 13.1. The van der Waals surface area contributed by atoms with Crippen LogP contribution in [0.2, 0.25) is 0 Å². The van der Waals surface area contributed by atoms with Crippen LogP contribution in [0.5, 0.6) is 0 Å². The number of likely N-dealkylation sites (N-methyl/N-ethyl adjacent to an activating group) is 1. The fourth-order valence-electron chi connectivity index (χ4n) is 0.985. The fourth-order valence-corrected chi connectivity index (χ4v) is 2.10. The molecule has 0 bridgehead atoms. The van der Waals surface area contributed by atoms with Crippen LogP contribution in [-0.4, -0.2) is 55.6 Å². The molecule has 0 saturated carbocycles. The first-order chi connectivity index (χ1) is 9.34. The van der Waals surface area contributed by atoms with E-state index in [0.29, 0.717) is 0 Å². The molecule has 0 aromatic carbocycles. The van der Waals surface area contributed by atoms with Crippen molar-refractivity contribution in [2.24, 2.45) is 0 Å². The average Bonchev–Trinajstić information content (AvgIpc) is 2.25. The van der Waals surface area contributed by atoms with Gasteiger partial charge in [0.1, 0.15) is 0 Å². The summed E-state index contributed by atoms with van der Waals surface area (Å²) >= 11 is 0. The molecule has 0 heterocycles.